The first kappa shape index (κ1) is 12.0. The fraction of sp³-hybridized carbons (Fsp3) is 0.545. The van der Waals surface area contributed by atoms with Crippen LogP contribution in [-0.4, -0.2) is 43.2 Å². The molecule has 1 aliphatic heterocycles. The lowest BCUT2D eigenvalue weighted by molar-refractivity contribution is 0.112. The summed E-state index contributed by atoms with van der Waals surface area (Å²) in [6, 6.07) is 0.465. The molecule has 0 amide bonds. The van der Waals surface area contributed by atoms with Crippen LogP contribution in [-0.2, 0) is 4.74 Å². The topological polar surface area (TPSA) is 28.3 Å². The van der Waals surface area contributed by atoms with Gasteiger partial charge in [-0.25, -0.2) is 0 Å². The van der Waals surface area contributed by atoms with Crippen LogP contribution in [0.15, 0.2) is 11.5 Å². The molecule has 0 aromatic carbocycles. The predicted molar refractivity (Wildman–Crippen MR) is 70.4 cm³/mol. The van der Waals surface area contributed by atoms with Gasteiger partial charge in [-0.3, -0.25) is 4.90 Å². The summed E-state index contributed by atoms with van der Waals surface area (Å²) in [5.41, 5.74) is 2.52. The minimum atomic E-state index is 0.465. The highest BCUT2D eigenvalue weighted by Crippen LogP contribution is 2.25. The van der Waals surface area contributed by atoms with Crippen LogP contribution in [0.1, 0.15) is 12.1 Å². The number of rotatable bonds is 3. The summed E-state index contributed by atoms with van der Waals surface area (Å²) < 4.78 is 6.09. The van der Waals surface area contributed by atoms with Crippen molar-refractivity contribution in [1.29, 1.82) is 0 Å². The minimum absolute atomic E-state index is 0.465. The van der Waals surface area contributed by atoms with Crippen molar-refractivity contribution in [1.82, 2.24) is 9.88 Å². The van der Waals surface area contributed by atoms with Crippen molar-refractivity contribution in [3.8, 4) is 0 Å². The Bertz CT molecular complexity index is 435. The van der Waals surface area contributed by atoms with Crippen LogP contribution in [0.2, 0.25) is 0 Å². The Morgan fingerprint density at radius 1 is 1.69 bits per heavy atom. The van der Waals surface area contributed by atoms with Gasteiger partial charge in [0.1, 0.15) is 0 Å². The quantitative estimate of drug-likeness (QED) is 0.842. The number of nitrogens with zero attached hydrogens (tertiary/aromatic N) is 1. The predicted octanol–water partition coefficient (Wildman–Crippen LogP) is 2.54. The maximum Gasteiger partial charge on any atom is 0.158 e. The van der Waals surface area contributed by atoms with Crippen molar-refractivity contribution < 1.29 is 4.74 Å². The minimum Gasteiger partial charge on any atom is -0.383 e. The highest BCUT2D eigenvalue weighted by atomic mass is 32.1. The average Bonchev–Trinajstić information content (AvgIpc) is 2.69. The molecule has 1 aromatic rings. The molecule has 5 heteroatoms. The molecule has 0 saturated carbocycles. The number of aromatic nitrogens is 1. The van der Waals surface area contributed by atoms with Crippen molar-refractivity contribution >= 4 is 29.1 Å². The molecule has 2 rings (SSSR count). The molecular formula is C11H16N2OS2. The van der Waals surface area contributed by atoms with Crippen LogP contribution < -0.4 is 0 Å². The Balaban J connectivity index is 2.15. The molecule has 3 nitrogen and oxygen atoms in total. The molecule has 0 bridgehead atoms. The molecule has 0 aliphatic carbocycles. The molecule has 88 valence electrons. The molecule has 1 atom stereocenters. The Kier molecular flexibility index (Phi) is 3.91. The van der Waals surface area contributed by atoms with E-state index in [0.29, 0.717) is 6.04 Å². The molecule has 0 fully saturated rings. The molecule has 2 heterocycles. The number of H-pyrrole nitrogens is 1. The third-order valence-electron chi connectivity index (χ3n) is 2.93. The highest BCUT2D eigenvalue weighted by Gasteiger charge is 2.21. The summed E-state index contributed by atoms with van der Waals surface area (Å²) in [5.74, 6) is 0. The third-order valence-corrected chi connectivity index (χ3v) is 3.99. The van der Waals surface area contributed by atoms with Gasteiger partial charge >= 0.3 is 0 Å². The van der Waals surface area contributed by atoms with E-state index in [1.165, 1.54) is 11.3 Å². The second-order valence-electron chi connectivity index (χ2n) is 4.04. The molecule has 1 aliphatic rings. The van der Waals surface area contributed by atoms with E-state index in [0.717, 1.165) is 23.5 Å². The Morgan fingerprint density at radius 2 is 2.50 bits per heavy atom. The van der Waals surface area contributed by atoms with Gasteiger partial charge in [0.15, 0.2) is 3.95 Å². The van der Waals surface area contributed by atoms with Crippen LogP contribution in [0.5, 0.6) is 0 Å². The van der Waals surface area contributed by atoms with E-state index < -0.39 is 0 Å². The summed E-state index contributed by atoms with van der Waals surface area (Å²) in [6.45, 7) is 1.75. The van der Waals surface area contributed by atoms with Gasteiger partial charge in [0.05, 0.1) is 12.3 Å². The number of thiazole rings is 1. The monoisotopic (exact) mass is 256 g/mol. The van der Waals surface area contributed by atoms with E-state index in [2.05, 4.69) is 28.4 Å². The standard InChI is InChI=1S/C11H16N2OS2/c1-13-4-3-8(5-9(13)6-14-2)10-7-16-11(15)12-10/h3,7,9H,4-6H2,1-2H3,(H,12,15)/t9-/m0/s1. The maximum absolute atomic E-state index is 5.24. The van der Waals surface area contributed by atoms with E-state index in [9.17, 15) is 0 Å². The smallest absolute Gasteiger partial charge is 0.158 e. The van der Waals surface area contributed by atoms with Crippen LogP contribution in [0.3, 0.4) is 0 Å². The summed E-state index contributed by atoms with van der Waals surface area (Å²) in [4.78, 5) is 5.54. The van der Waals surface area contributed by atoms with Crippen molar-refractivity contribution in [3.05, 3.63) is 21.1 Å². The van der Waals surface area contributed by atoms with Crippen LogP contribution in [0, 0.1) is 3.95 Å². The van der Waals surface area contributed by atoms with Gasteiger partial charge in [0.25, 0.3) is 0 Å². The van der Waals surface area contributed by atoms with Crippen molar-refractivity contribution in [2.24, 2.45) is 0 Å². The zero-order valence-electron chi connectivity index (χ0n) is 9.53. The number of ether oxygens (including phenoxy) is 1. The fourth-order valence-electron chi connectivity index (χ4n) is 1.93. The lowest BCUT2D eigenvalue weighted by Gasteiger charge is -2.31. The highest BCUT2D eigenvalue weighted by molar-refractivity contribution is 7.73. The first-order chi connectivity index (χ1) is 7.70. The maximum atomic E-state index is 5.24. The summed E-state index contributed by atoms with van der Waals surface area (Å²) in [7, 11) is 3.89. The third kappa shape index (κ3) is 2.60. The van der Waals surface area contributed by atoms with E-state index >= 15 is 0 Å². The fourth-order valence-corrected chi connectivity index (χ4v) is 2.79. The van der Waals surface area contributed by atoms with Crippen molar-refractivity contribution in [3.63, 3.8) is 0 Å². The molecule has 16 heavy (non-hydrogen) atoms. The molecule has 1 N–H and O–H groups in total. The van der Waals surface area contributed by atoms with Crippen LogP contribution in [0.25, 0.3) is 5.57 Å². The number of likely N-dealkylation sites (N-methyl/N-ethyl adjacent to an activating group) is 1. The molecular weight excluding hydrogens is 240 g/mol. The number of aromatic amines is 1. The van der Waals surface area contributed by atoms with Crippen LogP contribution >= 0.6 is 23.6 Å². The zero-order chi connectivity index (χ0) is 11.5. The molecule has 0 radical (unpaired) electrons. The Labute approximate surface area is 105 Å². The first-order valence-corrected chi connectivity index (χ1v) is 6.56. The van der Waals surface area contributed by atoms with Crippen molar-refractivity contribution in [2.75, 3.05) is 27.3 Å². The van der Waals surface area contributed by atoms with Gasteiger partial charge in [-0.2, -0.15) is 0 Å². The largest absolute Gasteiger partial charge is 0.383 e. The van der Waals surface area contributed by atoms with Gasteiger partial charge in [-0.15, -0.1) is 11.3 Å². The van der Waals surface area contributed by atoms with E-state index in [1.807, 2.05) is 0 Å². The lowest BCUT2D eigenvalue weighted by Crippen LogP contribution is -2.38. The number of methoxy groups -OCH3 is 1. The van der Waals surface area contributed by atoms with Gasteiger partial charge in [0.2, 0.25) is 0 Å². The first-order valence-electron chi connectivity index (χ1n) is 5.27. The number of nitrogens with one attached hydrogen (secondary N) is 1. The Hall–Kier alpha value is -0.490. The lowest BCUT2D eigenvalue weighted by atomic mass is 9.99. The normalized spacial score (nSPS) is 22.1. The van der Waals surface area contributed by atoms with Gasteiger partial charge in [-0.1, -0.05) is 6.08 Å². The molecule has 0 unspecified atom stereocenters. The van der Waals surface area contributed by atoms with Gasteiger partial charge in [-0.05, 0) is 31.3 Å². The molecule has 1 aromatic heterocycles. The SMILES string of the molecule is COC[C@@H]1CC(c2csc(=S)[nH]2)=CCN1C. The summed E-state index contributed by atoms with van der Waals surface area (Å²) in [5, 5.41) is 2.10. The van der Waals surface area contributed by atoms with Gasteiger partial charge in [0, 0.05) is 25.1 Å². The summed E-state index contributed by atoms with van der Waals surface area (Å²) in [6.07, 6.45) is 3.28. The summed E-state index contributed by atoms with van der Waals surface area (Å²) >= 11 is 6.69. The number of hydrogen-bond donors (Lipinski definition) is 1. The van der Waals surface area contributed by atoms with Gasteiger partial charge < -0.3 is 9.72 Å². The van der Waals surface area contributed by atoms with Crippen LogP contribution in [0.4, 0.5) is 0 Å². The second kappa shape index (κ2) is 5.23. The number of hydrogen-bond acceptors (Lipinski definition) is 4. The zero-order valence-corrected chi connectivity index (χ0v) is 11.2. The molecule has 0 spiro atoms. The van der Waals surface area contributed by atoms with E-state index in [4.69, 9.17) is 17.0 Å². The Morgan fingerprint density at radius 3 is 3.12 bits per heavy atom. The van der Waals surface area contributed by atoms with Crippen molar-refractivity contribution in [2.45, 2.75) is 12.5 Å². The van der Waals surface area contributed by atoms with E-state index in [1.54, 1.807) is 18.4 Å². The second-order valence-corrected chi connectivity index (χ2v) is 5.59. The van der Waals surface area contributed by atoms with E-state index in [-0.39, 0.29) is 0 Å². The molecule has 0 saturated heterocycles. The average molecular weight is 256 g/mol.